The molecule has 0 unspecified atom stereocenters. The topological polar surface area (TPSA) is 0 Å². The van der Waals surface area contributed by atoms with Crippen LogP contribution in [0.1, 0.15) is 0 Å². The van der Waals surface area contributed by atoms with E-state index in [4.69, 9.17) is 0 Å². The Bertz CT molecular complexity index is 67.1. The van der Waals surface area contributed by atoms with Crippen molar-refractivity contribution in [2.75, 3.05) is 0 Å². The average molecular weight is 172 g/mol. The zero-order valence-corrected chi connectivity index (χ0v) is 5.11. The van der Waals surface area contributed by atoms with Gasteiger partial charge in [0.05, 0.1) is 0 Å². The zero-order valence-electron chi connectivity index (χ0n) is 3.72. The van der Waals surface area contributed by atoms with Crippen molar-refractivity contribution in [3.05, 3.63) is 0 Å². The molecule has 48 valence electrons. The van der Waals surface area contributed by atoms with Crippen LogP contribution < -0.4 is 18.9 Å². The van der Waals surface area contributed by atoms with Gasteiger partial charge in [-0.05, 0) is 0 Å². The summed E-state index contributed by atoms with van der Waals surface area (Å²) in [5.74, 6) is 0. The second kappa shape index (κ2) is 1.43. The molecule has 0 saturated carbocycles. The first-order valence-electron chi connectivity index (χ1n) is 1.01. The van der Waals surface area contributed by atoms with Gasteiger partial charge in [-0.15, -0.1) is 0 Å². The summed E-state index contributed by atoms with van der Waals surface area (Å²) >= 11 is -11.1. The van der Waals surface area contributed by atoms with Gasteiger partial charge < -0.3 is 0 Å². The molecule has 0 aromatic rings. The predicted molar refractivity (Wildman–Crippen MR) is 6.65 cm³/mol. The van der Waals surface area contributed by atoms with Crippen LogP contribution in [0.25, 0.3) is 0 Å². The minimum Gasteiger partial charge on any atom is 1.00 e. The van der Waals surface area contributed by atoms with E-state index < -0.39 is 14.7 Å². The van der Waals surface area contributed by atoms with Crippen LogP contribution in [0.2, 0.25) is 0 Å². The molecule has 0 spiro atoms. The first-order chi connectivity index (χ1) is 2.45. The fraction of sp³-hybridized carbons (Fsp3) is 0. The number of rotatable bonds is 0. The summed E-state index contributed by atoms with van der Waals surface area (Å²) in [6.07, 6.45) is 0. The maximum absolute atomic E-state index is 11.1. The summed E-state index contributed by atoms with van der Waals surface area (Å²) in [6, 6.07) is 0. The van der Waals surface area contributed by atoms with E-state index in [1.807, 2.05) is 0 Å². The maximum Gasteiger partial charge on any atom is 1.00 e. The fourth-order valence-corrected chi connectivity index (χ4v) is 0. The van der Waals surface area contributed by atoms with Gasteiger partial charge in [-0.25, -0.2) is 0 Å². The van der Waals surface area contributed by atoms with Crippen molar-refractivity contribution in [2.24, 2.45) is 0 Å². The Hall–Kier alpha value is 0.762. The third-order valence-corrected chi connectivity index (χ3v) is 0. The molecule has 0 aromatic heterocycles. The Morgan fingerprint density at radius 1 is 0.625 bits per heavy atom. The van der Waals surface area contributed by atoms with E-state index in [0.29, 0.717) is 0 Å². The molecule has 0 atom stereocenters. The Morgan fingerprint density at radius 3 is 0.625 bits per heavy atom. The molecule has 0 amide bonds. The molecular weight excluding hydrogens is 172 g/mol. The van der Waals surface area contributed by atoms with Gasteiger partial charge in [0.2, 0.25) is 0 Å². The Balaban J connectivity index is 0. The quantitative estimate of drug-likeness (QED) is 0.342. The van der Waals surface area contributed by atoms with Crippen LogP contribution in [-0.2, 0) is 14.7 Å². The first-order valence-corrected chi connectivity index (χ1v) is 4.18. The van der Waals surface area contributed by atoms with Gasteiger partial charge in [0.15, 0.2) is 0 Å². The van der Waals surface area contributed by atoms with Crippen LogP contribution in [-0.4, -0.2) is 0 Å². The minimum atomic E-state index is -11.1. The van der Waals surface area contributed by atoms with Gasteiger partial charge in [0.25, 0.3) is 0 Å². The second-order valence-electron chi connectivity index (χ2n) is 0.958. The number of hydrogen-bond donors (Lipinski definition) is 0. The van der Waals surface area contributed by atoms with Crippen molar-refractivity contribution in [1.29, 1.82) is 0 Å². The van der Waals surface area contributed by atoms with E-state index in [9.17, 15) is 20.4 Å². The van der Waals surface area contributed by atoms with Gasteiger partial charge in [0, 0.05) is 0 Å². The standard InChI is InChI=1S/6FH.Li.V/h6*1H;;/q;;;;;;+1;+5/p-6. The molecule has 0 heterocycles. The van der Waals surface area contributed by atoms with E-state index >= 15 is 0 Å². The minimum absolute atomic E-state index is 0. The van der Waals surface area contributed by atoms with Gasteiger partial charge >= 0.3 is 54.0 Å². The van der Waals surface area contributed by atoms with Gasteiger partial charge in [-0.3, -0.25) is 0 Å². The smallest absolute Gasteiger partial charge is 1.00 e. The van der Waals surface area contributed by atoms with Crippen LogP contribution >= 0.6 is 0 Å². The van der Waals surface area contributed by atoms with E-state index in [-0.39, 0.29) is 18.9 Å². The molecule has 0 aliphatic rings. The molecule has 0 saturated heterocycles. The summed E-state index contributed by atoms with van der Waals surface area (Å²) in [6.45, 7) is 0. The summed E-state index contributed by atoms with van der Waals surface area (Å²) < 4.78 is 59.4. The monoisotopic (exact) mass is 172 g/mol. The van der Waals surface area contributed by atoms with Crippen molar-refractivity contribution in [1.82, 2.24) is 0 Å². The Morgan fingerprint density at radius 2 is 0.625 bits per heavy atom. The predicted octanol–water partition coefficient (Wildman–Crippen LogP) is -0.477. The molecule has 0 fully saturated rings. The van der Waals surface area contributed by atoms with E-state index in [1.165, 1.54) is 0 Å². The van der Waals surface area contributed by atoms with E-state index in [2.05, 4.69) is 0 Å². The number of halogens is 6. The summed E-state index contributed by atoms with van der Waals surface area (Å²) in [4.78, 5) is 0. The molecule has 8 heavy (non-hydrogen) atoms. The molecule has 0 radical (unpaired) electrons. The number of hydrogen-bond acceptors (Lipinski definition) is 0. The summed E-state index contributed by atoms with van der Waals surface area (Å²) in [5.41, 5.74) is 0. The van der Waals surface area contributed by atoms with Crippen LogP contribution in [0, 0.1) is 0 Å². The molecule has 8 heteroatoms. The maximum atomic E-state index is 9.91. The second-order valence-corrected chi connectivity index (χ2v) is 3.95. The largest absolute Gasteiger partial charge is 1.00 e. The molecule has 0 nitrogen and oxygen atoms in total. The van der Waals surface area contributed by atoms with Crippen LogP contribution in [0.15, 0.2) is 0 Å². The van der Waals surface area contributed by atoms with Crippen LogP contribution in [0.3, 0.4) is 0 Å². The molecular formula is F6LiV. The molecule has 0 rings (SSSR count). The Kier molecular flexibility index (Phi) is 2.06. The summed E-state index contributed by atoms with van der Waals surface area (Å²) in [5, 5.41) is 0. The normalized spacial score (nSPS) is 20.2. The van der Waals surface area contributed by atoms with Crippen molar-refractivity contribution >= 4 is 0 Å². The van der Waals surface area contributed by atoms with Crippen molar-refractivity contribution in [3.8, 4) is 0 Å². The zero-order chi connectivity index (χ0) is 6.41. The SMILES string of the molecule is [F][V-]([F])([F])([F])([F])[F].[Li+]. The van der Waals surface area contributed by atoms with Crippen molar-refractivity contribution in [3.63, 3.8) is 0 Å². The molecule has 0 aromatic carbocycles. The van der Waals surface area contributed by atoms with Crippen molar-refractivity contribution < 1.29 is 54.0 Å². The Labute approximate surface area is 54.4 Å². The van der Waals surface area contributed by atoms with Crippen LogP contribution in [0.4, 0.5) is 20.4 Å². The van der Waals surface area contributed by atoms with Crippen LogP contribution in [0.5, 0.6) is 0 Å². The molecule has 0 aliphatic carbocycles. The van der Waals surface area contributed by atoms with E-state index in [1.54, 1.807) is 0 Å². The first kappa shape index (κ1) is 11.5. The third-order valence-electron chi connectivity index (χ3n) is 0. The molecule has 0 bridgehead atoms. The summed E-state index contributed by atoms with van der Waals surface area (Å²) in [7, 11) is 0. The van der Waals surface area contributed by atoms with Gasteiger partial charge in [-0.1, -0.05) is 0 Å². The van der Waals surface area contributed by atoms with Gasteiger partial charge in [0.1, 0.15) is 0 Å². The van der Waals surface area contributed by atoms with Gasteiger partial charge in [-0.2, -0.15) is 0 Å². The van der Waals surface area contributed by atoms with E-state index in [0.717, 1.165) is 0 Å². The third kappa shape index (κ3) is 387. The molecule has 0 aliphatic heterocycles. The average Bonchev–Trinajstić information content (AvgIpc) is 0.592. The molecule has 0 N–H and O–H groups in total. The van der Waals surface area contributed by atoms with Crippen molar-refractivity contribution in [2.45, 2.75) is 0 Å². The fourth-order valence-electron chi connectivity index (χ4n) is 0.